The van der Waals surface area contributed by atoms with E-state index in [1.807, 2.05) is 0 Å². The Kier molecular flexibility index (Phi) is 3.89. The second-order valence-electron chi connectivity index (χ2n) is 2.91. The molecule has 1 heterocycles. The second kappa shape index (κ2) is 5.25. The van der Waals surface area contributed by atoms with Crippen LogP contribution < -0.4 is 0 Å². The van der Waals surface area contributed by atoms with E-state index in [2.05, 4.69) is 22.3 Å². The molecule has 1 aromatic rings. The Morgan fingerprint density at radius 2 is 2.23 bits per heavy atom. The quantitative estimate of drug-likeness (QED) is 0.635. The summed E-state index contributed by atoms with van der Waals surface area (Å²) in [5, 5.41) is 19.6. The Bertz CT molecular complexity index is 285. The summed E-state index contributed by atoms with van der Waals surface area (Å²) in [6.45, 7) is 2.17. The molecule has 0 bridgehead atoms. The fourth-order valence-corrected chi connectivity index (χ4v) is 1.10. The van der Waals surface area contributed by atoms with Crippen molar-refractivity contribution in [3.05, 3.63) is 5.82 Å². The van der Waals surface area contributed by atoms with E-state index in [9.17, 15) is 0 Å². The molecule has 0 spiro atoms. The van der Waals surface area contributed by atoms with E-state index in [4.69, 9.17) is 5.26 Å². The van der Waals surface area contributed by atoms with Crippen LogP contribution in [0.3, 0.4) is 0 Å². The van der Waals surface area contributed by atoms with Crippen LogP contribution in [0.15, 0.2) is 0 Å². The lowest BCUT2D eigenvalue weighted by Crippen LogP contribution is -1.93. The molecule has 0 aromatic carbocycles. The van der Waals surface area contributed by atoms with Gasteiger partial charge in [-0.2, -0.15) is 5.26 Å². The monoisotopic (exact) mass is 179 g/mol. The van der Waals surface area contributed by atoms with Gasteiger partial charge in [-0.05, 0) is 11.6 Å². The molecule has 0 amide bonds. The number of aryl methyl sites for hydroxylation is 1. The summed E-state index contributed by atoms with van der Waals surface area (Å²) in [7, 11) is 0. The number of hydrogen-bond acceptors (Lipinski definition) is 4. The Morgan fingerprint density at radius 1 is 1.38 bits per heavy atom. The summed E-state index contributed by atoms with van der Waals surface area (Å²) < 4.78 is 0. The Balaban J connectivity index is 2.25. The molecule has 0 fully saturated rings. The van der Waals surface area contributed by atoms with Crippen LogP contribution in [0.1, 0.15) is 38.4 Å². The molecule has 1 rings (SSSR count). The third-order valence-corrected chi connectivity index (χ3v) is 1.80. The van der Waals surface area contributed by atoms with Gasteiger partial charge in [-0.3, -0.25) is 0 Å². The number of aromatic nitrogens is 4. The third kappa shape index (κ3) is 3.20. The van der Waals surface area contributed by atoms with Crippen LogP contribution in [0.5, 0.6) is 0 Å². The third-order valence-electron chi connectivity index (χ3n) is 1.80. The Hall–Kier alpha value is -1.44. The second-order valence-corrected chi connectivity index (χ2v) is 2.91. The molecule has 5 heteroatoms. The number of nitriles is 1. The predicted molar refractivity (Wildman–Crippen MR) is 46.7 cm³/mol. The molecule has 0 aliphatic carbocycles. The number of nitrogens with zero attached hydrogens (tertiary/aromatic N) is 5. The fourth-order valence-electron chi connectivity index (χ4n) is 1.10. The predicted octanol–water partition coefficient (Wildman–Crippen LogP) is 1.13. The van der Waals surface area contributed by atoms with Gasteiger partial charge in [0.05, 0.1) is 0 Å². The van der Waals surface area contributed by atoms with Crippen molar-refractivity contribution < 1.29 is 0 Å². The SMILES string of the molecule is CCCCCCc1nnn(C#N)n1. The van der Waals surface area contributed by atoms with Crippen molar-refractivity contribution in [2.75, 3.05) is 0 Å². The van der Waals surface area contributed by atoms with Gasteiger partial charge in [-0.1, -0.05) is 31.0 Å². The molecule has 0 unspecified atom stereocenters. The summed E-state index contributed by atoms with van der Waals surface area (Å²) in [6.07, 6.45) is 7.33. The Morgan fingerprint density at radius 3 is 2.85 bits per heavy atom. The lowest BCUT2D eigenvalue weighted by molar-refractivity contribution is 0.651. The highest BCUT2D eigenvalue weighted by molar-refractivity contribution is 4.80. The molecule has 0 saturated heterocycles. The van der Waals surface area contributed by atoms with Gasteiger partial charge in [0.25, 0.3) is 0 Å². The largest absolute Gasteiger partial charge is 0.226 e. The smallest absolute Gasteiger partial charge is 0.169 e. The van der Waals surface area contributed by atoms with Crippen molar-refractivity contribution in [1.82, 2.24) is 20.2 Å². The van der Waals surface area contributed by atoms with Crippen LogP contribution in [0.4, 0.5) is 0 Å². The zero-order valence-electron chi connectivity index (χ0n) is 7.77. The van der Waals surface area contributed by atoms with Gasteiger partial charge in [0.1, 0.15) is 0 Å². The standard InChI is InChI=1S/C8H13N5/c1-2-3-4-5-6-8-10-12-13(7-9)11-8/h2-6H2,1H3. The van der Waals surface area contributed by atoms with Crippen molar-refractivity contribution >= 4 is 0 Å². The first-order valence-electron chi connectivity index (χ1n) is 4.56. The van der Waals surface area contributed by atoms with Crippen molar-refractivity contribution in [2.45, 2.75) is 39.0 Å². The summed E-state index contributed by atoms with van der Waals surface area (Å²) >= 11 is 0. The van der Waals surface area contributed by atoms with E-state index in [1.165, 1.54) is 19.3 Å². The lowest BCUT2D eigenvalue weighted by atomic mass is 10.1. The molecule has 0 saturated carbocycles. The maximum absolute atomic E-state index is 8.41. The van der Waals surface area contributed by atoms with E-state index < -0.39 is 0 Å². The summed E-state index contributed by atoms with van der Waals surface area (Å²) in [4.78, 5) is 0.940. The minimum atomic E-state index is 0.664. The molecule has 70 valence electrons. The van der Waals surface area contributed by atoms with Crippen molar-refractivity contribution in [3.8, 4) is 6.19 Å². The normalized spacial score (nSPS) is 9.85. The average Bonchev–Trinajstić information content (AvgIpc) is 2.60. The van der Waals surface area contributed by atoms with Gasteiger partial charge in [0.15, 0.2) is 5.82 Å². The molecule has 1 aromatic heterocycles. The van der Waals surface area contributed by atoms with Gasteiger partial charge in [0.2, 0.25) is 6.19 Å². The first-order valence-corrected chi connectivity index (χ1v) is 4.56. The zero-order valence-corrected chi connectivity index (χ0v) is 7.77. The Labute approximate surface area is 77.4 Å². The van der Waals surface area contributed by atoms with Gasteiger partial charge >= 0.3 is 0 Å². The maximum Gasteiger partial charge on any atom is 0.226 e. The minimum Gasteiger partial charge on any atom is -0.169 e. The summed E-state index contributed by atoms with van der Waals surface area (Å²) in [5.41, 5.74) is 0. The van der Waals surface area contributed by atoms with Gasteiger partial charge in [-0.25, -0.2) is 0 Å². The topological polar surface area (TPSA) is 67.4 Å². The molecule has 0 N–H and O–H groups in total. The van der Waals surface area contributed by atoms with Crippen LogP contribution in [-0.4, -0.2) is 20.2 Å². The molecule has 13 heavy (non-hydrogen) atoms. The first kappa shape index (κ1) is 9.65. The van der Waals surface area contributed by atoms with Gasteiger partial charge < -0.3 is 0 Å². The highest BCUT2D eigenvalue weighted by Crippen LogP contribution is 2.02. The molecule has 0 atom stereocenters. The zero-order chi connectivity index (χ0) is 9.52. The average molecular weight is 179 g/mol. The van der Waals surface area contributed by atoms with Crippen molar-refractivity contribution in [2.24, 2.45) is 0 Å². The van der Waals surface area contributed by atoms with Crippen LogP contribution >= 0.6 is 0 Å². The van der Waals surface area contributed by atoms with Crippen LogP contribution in [0.25, 0.3) is 0 Å². The van der Waals surface area contributed by atoms with Crippen molar-refractivity contribution in [1.29, 1.82) is 5.26 Å². The lowest BCUT2D eigenvalue weighted by Gasteiger charge is -1.93. The highest BCUT2D eigenvalue weighted by atomic mass is 15.6. The molecular weight excluding hydrogens is 166 g/mol. The molecular formula is C8H13N5. The number of unbranched alkanes of at least 4 members (excludes halogenated alkanes) is 3. The van der Waals surface area contributed by atoms with Gasteiger partial charge in [0, 0.05) is 6.42 Å². The minimum absolute atomic E-state index is 0.664. The van der Waals surface area contributed by atoms with E-state index >= 15 is 0 Å². The number of tetrazole rings is 1. The summed E-state index contributed by atoms with van der Waals surface area (Å²) in [6, 6.07) is 0. The first-order chi connectivity index (χ1) is 6.36. The maximum atomic E-state index is 8.41. The van der Waals surface area contributed by atoms with E-state index in [1.54, 1.807) is 6.19 Å². The molecule has 0 aliphatic heterocycles. The van der Waals surface area contributed by atoms with Gasteiger partial charge in [-0.15, -0.1) is 10.2 Å². The number of hydrogen-bond donors (Lipinski definition) is 0. The van der Waals surface area contributed by atoms with Crippen molar-refractivity contribution in [3.63, 3.8) is 0 Å². The van der Waals surface area contributed by atoms with Crippen LogP contribution in [0, 0.1) is 11.5 Å². The van der Waals surface area contributed by atoms with Crippen LogP contribution in [-0.2, 0) is 6.42 Å². The van der Waals surface area contributed by atoms with E-state index in [-0.39, 0.29) is 0 Å². The number of rotatable bonds is 5. The van der Waals surface area contributed by atoms with E-state index in [0.717, 1.165) is 17.6 Å². The summed E-state index contributed by atoms with van der Waals surface area (Å²) in [5.74, 6) is 0.664. The molecule has 0 radical (unpaired) electrons. The highest BCUT2D eigenvalue weighted by Gasteiger charge is 2.00. The van der Waals surface area contributed by atoms with E-state index in [0.29, 0.717) is 5.82 Å². The fraction of sp³-hybridized carbons (Fsp3) is 0.750. The molecule has 0 aliphatic rings. The molecule has 5 nitrogen and oxygen atoms in total. The van der Waals surface area contributed by atoms with Crippen LogP contribution in [0.2, 0.25) is 0 Å².